The molecule has 4 aromatic rings. The summed E-state index contributed by atoms with van der Waals surface area (Å²) in [6.45, 7) is 12.6. The zero-order chi connectivity index (χ0) is 35.3. The molecule has 0 radical (unpaired) electrons. The van der Waals surface area contributed by atoms with Gasteiger partial charge in [-0.1, -0.05) is 93.4 Å². The van der Waals surface area contributed by atoms with Crippen molar-refractivity contribution in [3.05, 3.63) is 119 Å². The molecule has 0 amide bonds. The number of hydrogen-bond donors (Lipinski definition) is 0. The minimum absolute atomic E-state index is 0.133. The van der Waals surface area contributed by atoms with E-state index < -0.39 is 7.81 Å². The van der Waals surface area contributed by atoms with E-state index in [9.17, 15) is 25.2 Å². The zero-order valence-corrected chi connectivity index (χ0v) is 29.5. The predicted octanol–water partition coefficient (Wildman–Crippen LogP) is 13.5. The molecule has 0 bridgehead atoms. The van der Waals surface area contributed by atoms with E-state index in [1.54, 1.807) is 0 Å². The van der Waals surface area contributed by atoms with Crippen molar-refractivity contribution in [2.75, 3.05) is 18.5 Å². The van der Waals surface area contributed by atoms with Crippen LogP contribution in [0.1, 0.15) is 58.6 Å². The third-order valence-electron chi connectivity index (χ3n) is 9.19. The van der Waals surface area contributed by atoms with Gasteiger partial charge in [-0.3, -0.25) is 0 Å². The zero-order valence-electron chi connectivity index (χ0n) is 27.8. The fraction of sp³-hybridized carbons (Fsp3) is 0.289. The van der Waals surface area contributed by atoms with Gasteiger partial charge in [0.1, 0.15) is 7.05 Å². The van der Waals surface area contributed by atoms with E-state index in [1.165, 1.54) is 55.5 Å². The number of anilines is 1. The molecular formula is C38H40ClF6N2P. The molecule has 0 saturated carbocycles. The van der Waals surface area contributed by atoms with Crippen molar-refractivity contribution in [1.29, 1.82) is 0 Å². The summed E-state index contributed by atoms with van der Waals surface area (Å²) in [6.07, 6.45) is 10.9. The third-order valence-corrected chi connectivity index (χ3v) is 9.44. The van der Waals surface area contributed by atoms with Crippen molar-refractivity contribution < 1.29 is 29.8 Å². The van der Waals surface area contributed by atoms with E-state index >= 15 is 0 Å². The number of nitrogens with zero attached hydrogens (tertiary/aromatic N) is 2. The molecule has 0 aliphatic carbocycles. The van der Waals surface area contributed by atoms with E-state index in [4.69, 9.17) is 11.6 Å². The maximum absolute atomic E-state index is 10.7. The molecule has 2 nitrogen and oxygen atoms in total. The van der Waals surface area contributed by atoms with Crippen LogP contribution in [0.2, 0.25) is 0 Å². The molecule has 4 aromatic carbocycles. The van der Waals surface area contributed by atoms with Crippen molar-refractivity contribution in [3.63, 3.8) is 0 Å². The SMILES string of the molecule is CCCCN1/C(=C/C=C(Cl)/C=C/C2=[N+](C)c3ccc4ccccc4c3C2(C)C)C(C)(C)c2c1ccc1ccccc21.F[P-](F)(F)(F)(F)F. The molecule has 256 valence electrons. The first-order valence-electron chi connectivity index (χ1n) is 15.9. The van der Waals surface area contributed by atoms with Gasteiger partial charge in [0.2, 0.25) is 5.69 Å². The molecule has 0 saturated heterocycles. The first-order valence-corrected chi connectivity index (χ1v) is 18.3. The van der Waals surface area contributed by atoms with E-state index in [2.05, 4.69) is 148 Å². The number of hydrogen-bond acceptors (Lipinski definition) is 1. The topological polar surface area (TPSA) is 6.25 Å². The Kier molecular flexibility index (Phi) is 8.75. The van der Waals surface area contributed by atoms with Crippen molar-refractivity contribution in [1.82, 2.24) is 0 Å². The van der Waals surface area contributed by atoms with Gasteiger partial charge in [0.25, 0.3) is 0 Å². The first-order chi connectivity index (χ1) is 22.1. The summed E-state index contributed by atoms with van der Waals surface area (Å²) < 4.78 is 61.5. The van der Waals surface area contributed by atoms with Crippen LogP contribution in [0, 0.1) is 0 Å². The van der Waals surface area contributed by atoms with Crippen LogP contribution in [-0.4, -0.2) is 23.9 Å². The van der Waals surface area contributed by atoms with E-state index in [0.29, 0.717) is 0 Å². The third kappa shape index (κ3) is 7.50. The Labute approximate surface area is 282 Å². The van der Waals surface area contributed by atoms with Gasteiger partial charge in [-0.2, -0.15) is 4.58 Å². The van der Waals surface area contributed by atoms with Gasteiger partial charge in [-0.25, -0.2) is 0 Å². The predicted molar refractivity (Wildman–Crippen MR) is 192 cm³/mol. The molecule has 0 atom stereocenters. The van der Waals surface area contributed by atoms with Crippen LogP contribution < -0.4 is 4.90 Å². The van der Waals surface area contributed by atoms with Crippen LogP contribution in [0.15, 0.2) is 108 Å². The van der Waals surface area contributed by atoms with Crippen molar-refractivity contribution in [3.8, 4) is 0 Å². The second-order valence-electron chi connectivity index (χ2n) is 13.5. The summed E-state index contributed by atoms with van der Waals surface area (Å²) in [5.74, 6) is 0. The number of rotatable bonds is 6. The van der Waals surface area contributed by atoms with Crippen LogP contribution in [0.3, 0.4) is 0 Å². The molecule has 0 aromatic heterocycles. The Morgan fingerprint density at radius 1 is 0.792 bits per heavy atom. The number of benzene rings is 4. The number of halogens is 7. The molecule has 6 rings (SSSR count). The van der Waals surface area contributed by atoms with Gasteiger partial charge >= 0.3 is 33.0 Å². The second-order valence-corrected chi connectivity index (χ2v) is 15.8. The van der Waals surface area contributed by atoms with E-state index in [1.807, 2.05) is 0 Å². The molecule has 2 aliphatic rings. The fourth-order valence-corrected chi connectivity index (χ4v) is 7.28. The maximum atomic E-state index is 9.87. The van der Waals surface area contributed by atoms with Crippen molar-refractivity contribution >= 4 is 58.0 Å². The first kappa shape index (κ1) is 35.7. The van der Waals surface area contributed by atoms with Crippen LogP contribution >= 0.6 is 19.4 Å². The summed E-state index contributed by atoms with van der Waals surface area (Å²) in [4.78, 5) is 2.51. The fourth-order valence-electron chi connectivity index (χ4n) is 7.16. The van der Waals surface area contributed by atoms with Gasteiger partial charge in [0.05, 0.1) is 5.41 Å². The van der Waals surface area contributed by atoms with Crippen LogP contribution in [0.5, 0.6) is 0 Å². The molecule has 0 fully saturated rings. The van der Waals surface area contributed by atoms with Gasteiger partial charge in [-0.15, -0.1) is 0 Å². The Bertz CT molecular complexity index is 2030. The molecule has 0 unspecified atom stereocenters. The van der Waals surface area contributed by atoms with E-state index in [-0.39, 0.29) is 10.8 Å². The molecular weight excluding hydrogens is 665 g/mol. The normalized spacial score (nSPS) is 19.4. The average molecular weight is 705 g/mol. The van der Waals surface area contributed by atoms with Crippen LogP contribution in [-0.2, 0) is 10.8 Å². The van der Waals surface area contributed by atoms with Gasteiger partial charge in [0.15, 0.2) is 5.71 Å². The van der Waals surface area contributed by atoms with Crippen LogP contribution in [0.25, 0.3) is 21.5 Å². The quantitative estimate of drug-likeness (QED) is 0.0838. The van der Waals surface area contributed by atoms with Crippen molar-refractivity contribution in [2.45, 2.75) is 58.3 Å². The Balaban J connectivity index is 0.000000582. The molecule has 0 N–H and O–H groups in total. The molecule has 2 aliphatic heterocycles. The summed E-state index contributed by atoms with van der Waals surface area (Å²) in [6, 6.07) is 26.5. The summed E-state index contributed by atoms with van der Waals surface area (Å²) in [7, 11) is -8.49. The monoisotopic (exact) mass is 704 g/mol. The summed E-state index contributed by atoms with van der Waals surface area (Å²) in [5.41, 5.74) is 7.65. The summed E-state index contributed by atoms with van der Waals surface area (Å²) in [5, 5.41) is 5.95. The average Bonchev–Trinajstić information content (AvgIpc) is 3.33. The number of fused-ring (bicyclic) bond motifs is 6. The molecule has 0 spiro atoms. The summed E-state index contributed by atoms with van der Waals surface area (Å²) >= 11 is 6.92. The minimum atomic E-state index is -10.7. The number of allylic oxidation sites excluding steroid dienone is 6. The molecule has 10 heteroatoms. The Hall–Kier alpha value is -3.61. The second kappa shape index (κ2) is 11.8. The Morgan fingerprint density at radius 3 is 1.92 bits per heavy atom. The van der Waals surface area contributed by atoms with Gasteiger partial charge in [-0.05, 0) is 77.7 Å². The van der Waals surface area contributed by atoms with Crippen molar-refractivity contribution in [2.24, 2.45) is 0 Å². The van der Waals surface area contributed by atoms with Gasteiger partial charge in [0, 0.05) is 46.1 Å². The molecule has 2 heterocycles. The Morgan fingerprint density at radius 2 is 1.33 bits per heavy atom. The van der Waals surface area contributed by atoms with Crippen LogP contribution in [0.4, 0.5) is 36.6 Å². The molecule has 48 heavy (non-hydrogen) atoms. The standard InChI is InChI=1S/C38H40ClN2.F6P/c1-7-8-25-41-32-22-18-27-14-10-12-16-30(27)36(32)38(4,5)34(41)24-20-28(39)19-23-33-37(2,3)35-29-15-11-9-13-26(29)17-21-31(35)40(33)6;1-7(2,3,4,5)6/h9-24H,7-8,25H2,1-6H3;/q+1;-1. The number of unbranched alkanes of at least 4 members (excludes halogenated alkanes) is 1. The van der Waals surface area contributed by atoms with Gasteiger partial charge < -0.3 is 4.90 Å². The van der Waals surface area contributed by atoms with E-state index in [0.717, 1.165) is 24.4 Å².